The number of rotatable bonds is 5. The Bertz CT molecular complexity index is 411. The van der Waals surface area contributed by atoms with Gasteiger partial charge >= 0.3 is 6.09 Å². The number of benzene rings is 1. The summed E-state index contributed by atoms with van der Waals surface area (Å²) in [5.41, 5.74) is 1.93. The number of carbonyl (C=O) groups excluding carboxylic acids is 1. The Morgan fingerprint density at radius 3 is 2.68 bits per heavy atom. The highest BCUT2D eigenvalue weighted by molar-refractivity contribution is 5.67. The molecule has 0 aliphatic heterocycles. The van der Waals surface area contributed by atoms with E-state index in [2.05, 4.69) is 22.8 Å². The van der Waals surface area contributed by atoms with Gasteiger partial charge in [0, 0.05) is 19.3 Å². The fourth-order valence-corrected chi connectivity index (χ4v) is 1.68. The molecule has 0 saturated carbocycles. The smallest absolute Gasteiger partial charge is 0.407 e. The molecule has 0 unspecified atom stereocenters. The molecule has 1 amide bonds. The van der Waals surface area contributed by atoms with E-state index in [1.165, 1.54) is 5.56 Å². The highest BCUT2D eigenvalue weighted by atomic mass is 16.6. The van der Waals surface area contributed by atoms with Gasteiger partial charge < -0.3 is 15.4 Å². The minimum absolute atomic E-state index is 0.350. The fraction of sp³-hybridized carbons (Fsp3) is 0.533. The lowest BCUT2D eigenvalue weighted by Gasteiger charge is -2.19. The first-order valence-electron chi connectivity index (χ1n) is 6.64. The number of hydrogen-bond donors (Lipinski definition) is 2. The highest BCUT2D eigenvalue weighted by Gasteiger charge is 2.15. The van der Waals surface area contributed by atoms with Gasteiger partial charge in [0.05, 0.1) is 0 Å². The third-order valence-corrected chi connectivity index (χ3v) is 2.53. The quantitative estimate of drug-likeness (QED) is 0.803. The number of hydrogen-bond acceptors (Lipinski definition) is 3. The number of alkyl carbamates (subject to hydrolysis) is 1. The molecule has 0 aliphatic rings. The summed E-state index contributed by atoms with van der Waals surface area (Å²) >= 11 is 0. The zero-order valence-electron chi connectivity index (χ0n) is 12.2. The normalized spacial score (nSPS) is 10.9. The lowest BCUT2D eigenvalue weighted by Crippen LogP contribution is -2.33. The minimum Gasteiger partial charge on any atom is -0.444 e. The van der Waals surface area contributed by atoms with Crippen LogP contribution >= 0.6 is 0 Å². The van der Waals surface area contributed by atoms with Crippen LogP contribution in [0.2, 0.25) is 0 Å². The summed E-state index contributed by atoms with van der Waals surface area (Å²) in [7, 11) is 1.91. The number of ether oxygens (including phenoxy) is 1. The topological polar surface area (TPSA) is 50.4 Å². The predicted octanol–water partition coefficient (Wildman–Crippen LogP) is 3.19. The van der Waals surface area contributed by atoms with Gasteiger partial charge in [0.2, 0.25) is 0 Å². The van der Waals surface area contributed by atoms with Crippen LogP contribution in [0.15, 0.2) is 24.3 Å². The van der Waals surface area contributed by atoms with Crippen molar-refractivity contribution in [3.05, 3.63) is 29.8 Å². The Morgan fingerprint density at radius 2 is 2.05 bits per heavy atom. The summed E-state index contributed by atoms with van der Waals surface area (Å²) in [6, 6.07) is 8.27. The monoisotopic (exact) mass is 264 g/mol. The zero-order chi connectivity index (χ0) is 14.3. The van der Waals surface area contributed by atoms with Gasteiger partial charge in [-0.1, -0.05) is 12.1 Å². The molecule has 0 bridgehead atoms. The van der Waals surface area contributed by atoms with E-state index in [0.29, 0.717) is 6.54 Å². The van der Waals surface area contributed by atoms with E-state index in [1.807, 2.05) is 40.0 Å². The minimum atomic E-state index is -0.439. The number of amides is 1. The molecule has 0 aromatic heterocycles. The van der Waals surface area contributed by atoms with Crippen molar-refractivity contribution in [1.29, 1.82) is 0 Å². The molecular formula is C15H24N2O2. The average Bonchev–Trinajstić information content (AvgIpc) is 2.33. The standard InChI is InChI=1S/C15H24N2O2/c1-15(2,3)19-14(18)17-10-6-8-12-7-5-9-13(11-12)16-4/h5,7,9,11,16H,6,8,10H2,1-4H3,(H,17,18). The Labute approximate surface area is 115 Å². The molecule has 0 radical (unpaired) electrons. The van der Waals surface area contributed by atoms with E-state index in [9.17, 15) is 4.79 Å². The van der Waals surface area contributed by atoms with Gasteiger partial charge in [-0.15, -0.1) is 0 Å². The second kappa shape index (κ2) is 7.02. The van der Waals surface area contributed by atoms with Crippen molar-refractivity contribution in [3.8, 4) is 0 Å². The number of carbonyl (C=O) groups is 1. The van der Waals surface area contributed by atoms with E-state index in [1.54, 1.807) is 0 Å². The van der Waals surface area contributed by atoms with Crippen LogP contribution in [0.3, 0.4) is 0 Å². The van der Waals surface area contributed by atoms with Crippen LogP contribution in [0, 0.1) is 0 Å². The van der Waals surface area contributed by atoms with Crippen LogP contribution in [0.1, 0.15) is 32.8 Å². The SMILES string of the molecule is CNc1cccc(CCCNC(=O)OC(C)(C)C)c1. The summed E-state index contributed by atoms with van der Waals surface area (Å²) in [5, 5.41) is 5.87. The first kappa shape index (κ1) is 15.3. The van der Waals surface area contributed by atoms with Crippen LogP contribution in [-0.2, 0) is 11.2 Å². The van der Waals surface area contributed by atoms with Crippen molar-refractivity contribution in [2.45, 2.75) is 39.2 Å². The Hall–Kier alpha value is -1.71. The summed E-state index contributed by atoms with van der Waals surface area (Å²) in [6.45, 7) is 6.19. The third-order valence-electron chi connectivity index (χ3n) is 2.53. The predicted molar refractivity (Wildman–Crippen MR) is 78.5 cm³/mol. The Kier molecular flexibility index (Phi) is 5.67. The van der Waals surface area contributed by atoms with Gasteiger partial charge in [-0.2, -0.15) is 0 Å². The summed E-state index contributed by atoms with van der Waals surface area (Å²) in [6.07, 6.45) is 1.48. The van der Waals surface area contributed by atoms with Crippen LogP contribution in [0.25, 0.3) is 0 Å². The molecule has 0 heterocycles. The Balaban J connectivity index is 2.25. The van der Waals surface area contributed by atoms with E-state index < -0.39 is 5.60 Å². The molecule has 4 heteroatoms. The number of anilines is 1. The third kappa shape index (κ3) is 6.70. The van der Waals surface area contributed by atoms with Crippen molar-refractivity contribution in [2.24, 2.45) is 0 Å². The van der Waals surface area contributed by atoms with Gasteiger partial charge in [-0.25, -0.2) is 4.79 Å². The summed E-state index contributed by atoms with van der Waals surface area (Å²) < 4.78 is 5.17. The molecule has 1 aromatic carbocycles. The first-order chi connectivity index (χ1) is 8.90. The van der Waals surface area contributed by atoms with Crippen LogP contribution in [-0.4, -0.2) is 25.3 Å². The van der Waals surface area contributed by atoms with Crippen LogP contribution < -0.4 is 10.6 Å². The van der Waals surface area contributed by atoms with Crippen molar-refractivity contribution >= 4 is 11.8 Å². The van der Waals surface area contributed by atoms with Gasteiger partial charge in [-0.05, 0) is 51.3 Å². The fourth-order valence-electron chi connectivity index (χ4n) is 1.68. The average molecular weight is 264 g/mol. The second-order valence-corrected chi connectivity index (χ2v) is 5.48. The van der Waals surface area contributed by atoms with Gasteiger partial charge in [0.15, 0.2) is 0 Å². The van der Waals surface area contributed by atoms with Crippen LogP contribution in [0.4, 0.5) is 10.5 Å². The first-order valence-corrected chi connectivity index (χ1v) is 6.64. The van der Waals surface area contributed by atoms with E-state index in [0.717, 1.165) is 18.5 Å². The molecule has 1 aromatic rings. The highest BCUT2D eigenvalue weighted by Crippen LogP contribution is 2.11. The maximum Gasteiger partial charge on any atom is 0.407 e. The number of aryl methyl sites for hydroxylation is 1. The molecule has 0 atom stereocenters. The molecule has 0 saturated heterocycles. The van der Waals surface area contributed by atoms with Gasteiger partial charge in [0.25, 0.3) is 0 Å². The molecular weight excluding hydrogens is 240 g/mol. The second-order valence-electron chi connectivity index (χ2n) is 5.48. The van der Waals surface area contributed by atoms with Gasteiger partial charge in [-0.3, -0.25) is 0 Å². The lowest BCUT2D eigenvalue weighted by molar-refractivity contribution is 0.0527. The molecule has 0 aliphatic carbocycles. The summed E-state index contributed by atoms with van der Waals surface area (Å²) in [4.78, 5) is 11.4. The molecule has 1 rings (SSSR count). The van der Waals surface area contributed by atoms with E-state index in [4.69, 9.17) is 4.74 Å². The Morgan fingerprint density at radius 1 is 1.32 bits per heavy atom. The lowest BCUT2D eigenvalue weighted by atomic mass is 10.1. The van der Waals surface area contributed by atoms with Crippen molar-refractivity contribution in [3.63, 3.8) is 0 Å². The number of nitrogens with one attached hydrogen (secondary N) is 2. The molecule has 0 spiro atoms. The van der Waals surface area contributed by atoms with E-state index in [-0.39, 0.29) is 6.09 Å². The molecule has 106 valence electrons. The van der Waals surface area contributed by atoms with Gasteiger partial charge in [0.1, 0.15) is 5.60 Å². The van der Waals surface area contributed by atoms with E-state index >= 15 is 0 Å². The molecule has 19 heavy (non-hydrogen) atoms. The molecule has 2 N–H and O–H groups in total. The summed E-state index contributed by atoms with van der Waals surface area (Å²) in [5.74, 6) is 0. The maximum atomic E-state index is 11.4. The largest absolute Gasteiger partial charge is 0.444 e. The maximum absolute atomic E-state index is 11.4. The van der Waals surface area contributed by atoms with Crippen molar-refractivity contribution in [1.82, 2.24) is 5.32 Å². The molecule has 4 nitrogen and oxygen atoms in total. The zero-order valence-corrected chi connectivity index (χ0v) is 12.2. The van der Waals surface area contributed by atoms with Crippen molar-refractivity contribution in [2.75, 3.05) is 18.9 Å². The van der Waals surface area contributed by atoms with Crippen LogP contribution in [0.5, 0.6) is 0 Å². The van der Waals surface area contributed by atoms with Crippen molar-refractivity contribution < 1.29 is 9.53 Å². The molecule has 0 fully saturated rings.